The molecule has 0 saturated heterocycles. The standard InChI is InChI=1S/C22H14N4O4S/c27-22(28)21-19(23-14-5-3-6-15-20(14)25-31-24-15)13-4-1-2-7-16(13)26(21)12-8-9-17-18(10-12)30-11-29-17/h1-10,23H,11H2,(H,27,28). The van der Waals surface area contributed by atoms with Crippen LogP contribution in [-0.4, -0.2) is 31.2 Å². The van der Waals surface area contributed by atoms with E-state index >= 15 is 0 Å². The highest BCUT2D eigenvalue weighted by Crippen LogP contribution is 2.40. The number of carboxylic acids is 1. The van der Waals surface area contributed by atoms with Crippen LogP contribution in [-0.2, 0) is 0 Å². The normalized spacial score (nSPS) is 12.5. The second-order valence-electron chi connectivity index (χ2n) is 6.98. The Morgan fingerprint density at radius 2 is 1.90 bits per heavy atom. The van der Waals surface area contributed by atoms with E-state index in [1.807, 2.05) is 48.5 Å². The third kappa shape index (κ3) is 2.71. The number of hydrogen-bond donors (Lipinski definition) is 2. The van der Waals surface area contributed by atoms with Crippen LogP contribution in [0.15, 0.2) is 60.7 Å². The molecule has 1 aliphatic rings. The Balaban J connectivity index is 1.61. The Bertz CT molecular complexity index is 1490. The fourth-order valence-corrected chi connectivity index (χ4v) is 4.45. The van der Waals surface area contributed by atoms with Crippen LogP contribution >= 0.6 is 11.7 Å². The number of nitrogens with one attached hydrogen (secondary N) is 1. The van der Waals surface area contributed by atoms with Crippen molar-refractivity contribution in [2.75, 3.05) is 12.1 Å². The maximum atomic E-state index is 12.5. The van der Waals surface area contributed by atoms with Gasteiger partial charge in [0, 0.05) is 11.5 Å². The summed E-state index contributed by atoms with van der Waals surface area (Å²) in [6.07, 6.45) is 0. The number of para-hydroxylation sites is 1. The van der Waals surface area contributed by atoms with Crippen LogP contribution in [0.3, 0.4) is 0 Å². The maximum Gasteiger partial charge on any atom is 0.355 e. The predicted molar refractivity (Wildman–Crippen MR) is 117 cm³/mol. The Kier molecular flexibility index (Phi) is 3.84. The first-order chi connectivity index (χ1) is 15.2. The highest BCUT2D eigenvalue weighted by Gasteiger charge is 2.25. The quantitative estimate of drug-likeness (QED) is 0.422. The topological polar surface area (TPSA) is 98.5 Å². The lowest BCUT2D eigenvalue weighted by Gasteiger charge is -2.11. The molecule has 31 heavy (non-hydrogen) atoms. The van der Waals surface area contributed by atoms with Crippen LogP contribution in [0.25, 0.3) is 27.6 Å². The summed E-state index contributed by atoms with van der Waals surface area (Å²) in [6, 6.07) is 18.5. The summed E-state index contributed by atoms with van der Waals surface area (Å²) < 4.78 is 21.2. The number of carboxylic acid groups (broad SMARTS) is 1. The number of anilines is 2. The molecule has 3 aromatic carbocycles. The minimum absolute atomic E-state index is 0.111. The highest BCUT2D eigenvalue weighted by molar-refractivity contribution is 7.00. The molecule has 3 heterocycles. The van der Waals surface area contributed by atoms with Gasteiger partial charge in [0.1, 0.15) is 11.0 Å². The summed E-state index contributed by atoms with van der Waals surface area (Å²) in [5, 5.41) is 14.3. The monoisotopic (exact) mass is 430 g/mol. The van der Waals surface area contributed by atoms with Gasteiger partial charge in [0.05, 0.1) is 34.3 Å². The lowest BCUT2D eigenvalue weighted by atomic mass is 10.2. The summed E-state index contributed by atoms with van der Waals surface area (Å²) in [4.78, 5) is 12.5. The largest absolute Gasteiger partial charge is 0.476 e. The van der Waals surface area contributed by atoms with E-state index in [0.29, 0.717) is 34.1 Å². The van der Waals surface area contributed by atoms with Gasteiger partial charge in [-0.2, -0.15) is 8.75 Å². The molecular formula is C22H14N4O4S. The van der Waals surface area contributed by atoms with Crippen molar-refractivity contribution in [1.29, 1.82) is 0 Å². The van der Waals surface area contributed by atoms with Gasteiger partial charge in [-0.05, 0) is 30.3 Å². The minimum atomic E-state index is -1.06. The first-order valence-electron chi connectivity index (χ1n) is 9.46. The average molecular weight is 430 g/mol. The van der Waals surface area contributed by atoms with E-state index in [1.54, 1.807) is 16.7 Å². The Morgan fingerprint density at radius 1 is 1.03 bits per heavy atom. The van der Waals surface area contributed by atoms with E-state index in [-0.39, 0.29) is 12.5 Å². The Labute approximate surface area is 179 Å². The summed E-state index contributed by atoms with van der Waals surface area (Å²) in [6.45, 7) is 0.148. The average Bonchev–Trinajstić information content (AvgIpc) is 3.51. The van der Waals surface area contributed by atoms with Gasteiger partial charge in [0.2, 0.25) is 6.79 Å². The van der Waals surface area contributed by atoms with Crippen molar-refractivity contribution in [3.63, 3.8) is 0 Å². The van der Waals surface area contributed by atoms with E-state index in [2.05, 4.69) is 14.1 Å². The molecule has 0 radical (unpaired) electrons. The fraction of sp³-hybridized carbons (Fsp3) is 0.0455. The van der Waals surface area contributed by atoms with Crippen molar-refractivity contribution in [2.24, 2.45) is 0 Å². The zero-order valence-electron chi connectivity index (χ0n) is 15.9. The second kappa shape index (κ2) is 6.71. The van der Waals surface area contributed by atoms with Crippen LogP contribution in [0.1, 0.15) is 10.5 Å². The summed E-state index contributed by atoms with van der Waals surface area (Å²) >= 11 is 1.12. The first kappa shape index (κ1) is 17.7. The zero-order valence-corrected chi connectivity index (χ0v) is 16.7. The third-order valence-corrected chi connectivity index (χ3v) is 5.78. The Morgan fingerprint density at radius 3 is 2.81 bits per heavy atom. The van der Waals surface area contributed by atoms with E-state index in [9.17, 15) is 9.90 Å². The molecule has 0 aliphatic carbocycles. The van der Waals surface area contributed by atoms with Crippen LogP contribution in [0.5, 0.6) is 11.5 Å². The van der Waals surface area contributed by atoms with Gasteiger partial charge in [-0.15, -0.1) is 0 Å². The van der Waals surface area contributed by atoms with Crippen LogP contribution < -0.4 is 14.8 Å². The van der Waals surface area contributed by atoms with Gasteiger partial charge in [-0.25, -0.2) is 4.79 Å². The summed E-state index contributed by atoms with van der Waals surface area (Å²) in [5.74, 6) is 0.164. The number of nitrogens with zero attached hydrogens (tertiary/aromatic N) is 3. The summed E-state index contributed by atoms with van der Waals surface area (Å²) in [5.41, 5.74) is 4.17. The molecule has 152 valence electrons. The van der Waals surface area contributed by atoms with Crippen molar-refractivity contribution >= 4 is 51.0 Å². The number of aromatic carboxylic acids is 1. The highest BCUT2D eigenvalue weighted by atomic mass is 32.1. The maximum absolute atomic E-state index is 12.5. The molecule has 8 nitrogen and oxygen atoms in total. The number of fused-ring (bicyclic) bond motifs is 3. The summed E-state index contributed by atoms with van der Waals surface area (Å²) in [7, 11) is 0. The molecular weight excluding hydrogens is 416 g/mol. The number of ether oxygens (including phenoxy) is 2. The predicted octanol–water partition coefficient (Wildman–Crippen LogP) is 4.81. The molecule has 0 saturated carbocycles. The molecule has 2 aromatic heterocycles. The van der Waals surface area contributed by atoms with Crippen LogP contribution in [0.4, 0.5) is 11.4 Å². The van der Waals surface area contributed by atoms with E-state index in [4.69, 9.17) is 9.47 Å². The van der Waals surface area contributed by atoms with E-state index in [0.717, 1.165) is 28.1 Å². The molecule has 0 fully saturated rings. The second-order valence-corrected chi connectivity index (χ2v) is 7.51. The van der Waals surface area contributed by atoms with Crippen LogP contribution in [0, 0.1) is 0 Å². The molecule has 0 spiro atoms. The SMILES string of the molecule is O=C(O)c1c(Nc2cccc3nsnc23)c2ccccc2n1-c1ccc2c(c1)OCO2. The smallest absolute Gasteiger partial charge is 0.355 e. The third-order valence-electron chi connectivity index (χ3n) is 5.24. The fourth-order valence-electron chi connectivity index (χ4n) is 3.90. The number of carbonyl (C=O) groups is 1. The molecule has 0 unspecified atom stereocenters. The number of benzene rings is 3. The van der Waals surface area contributed by atoms with Gasteiger partial charge in [0.15, 0.2) is 17.2 Å². The van der Waals surface area contributed by atoms with Gasteiger partial charge in [-0.3, -0.25) is 0 Å². The van der Waals surface area contributed by atoms with Crippen molar-refractivity contribution < 1.29 is 19.4 Å². The van der Waals surface area contributed by atoms with Gasteiger partial charge >= 0.3 is 5.97 Å². The molecule has 0 bridgehead atoms. The van der Waals surface area contributed by atoms with Crippen molar-refractivity contribution in [3.8, 4) is 17.2 Å². The van der Waals surface area contributed by atoms with E-state index in [1.165, 1.54) is 0 Å². The van der Waals surface area contributed by atoms with Crippen LogP contribution in [0.2, 0.25) is 0 Å². The Hall–Kier alpha value is -4.11. The lowest BCUT2D eigenvalue weighted by molar-refractivity contribution is 0.0689. The van der Waals surface area contributed by atoms with Crippen molar-refractivity contribution in [1.82, 2.24) is 13.3 Å². The van der Waals surface area contributed by atoms with Gasteiger partial charge < -0.3 is 24.5 Å². The first-order valence-corrected chi connectivity index (χ1v) is 10.2. The lowest BCUT2D eigenvalue weighted by Crippen LogP contribution is -2.09. The molecule has 5 aromatic rings. The zero-order chi connectivity index (χ0) is 20.9. The number of aromatic nitrogens is 3. The minimum Gasteiger partial charge on any atom is -0.476 e. The molecule has 0 amide bonds. The molecule has 9 heteroatoms. The molecule has 0 atom stereocenters. The number of hydrogen-bond acceptors (Lipinski definition) is 7. The molecule has 2 N–H and O–H groups in total. The number of rotatable bonds is 4. The molecule has 6 rings (SSSR count). The van der Waals surface area contributed by atoms with Gasteiger partial charge in [0.25, 0.3) is 0 Å². The van der Waals surface area contributed by atoms with Crippen molar-refractivity contribution in [2.45, 2.75) is 0 Å². The van der Waals surface area contributed by atoms with Gasteiger partial charge in [-0.1, -0.05) is 24.3 Å². The van der Waals surface area contributed by atoms with E-state index < -0.39 is 5.97 Å². The molecule has 1 aliphatic heterocycles. The van der Waals surface area contributed by atoms with Crippen molar-refractivity contribution in [3.05, 3.63) is 66.4 Å².